The molecule has 0 spiro atoms. The minimum atomic E-state index is 0.241. The van der Waals surface area contributed by atoms with E-state index in [1.54, 1.807) is 0 Å². The molecular weight excluding hydrogens is 274 g/mol. The second kappa shape index (κ2) is 6.88. The monoisotopic (exact) mass is 297 g/mol. The second-order valence-electron chi connectivity index (χ2n) is 6.00. The Kier molecular flexibility index (Phi) is 4.68. The molecule has 116 valence electrons. The molecular formula is C18H23N3O. The number of carbonyl (C=O) groups is 1. The zero-order valence-electron chi connectivity index (χ0n) is 13.1. The van der Waals surface area contributed by atoms with Crippen LogP contribution in [0.4, 0.5) is 0 Å². The Hall–Kier alpha value is -1.94. The standard InChI is InChI=1S/C18H23N3O/c1-15-19-10-13-21(15)14-17-8-5-11-20(17)12-9-18(22)16-6-3-2-4-7-16/h2-4,6-7,10,13,17H,5,8-9,11-12,14H2,1H3/t17-/m0/s1. The summed E-state index contributed by atoms with van der Waals surface area (Å²) < 4.78 is 2.21. The molecule has 3 rings (SSSR count). The van der Waals surface area contributed by atoms with Crippen LogP contribution >= 0.6 is 0 Å². The molecule has 0 aliphatic carbocycles. The van der Waals surface area contributed by atoms with Crippen LogP contribution in [0.5, 0.6) is 0 Å². The number of imidazole rings is 1. The van der Waals surface area contributed by atoms with Gasteiger partial charge in [0.1, 0.15) is 5.82 Å². The van der Waals surface area contributed by atoms with E-state index in [0.717, 1.165) is 31.0 Å². The van der Waals surface area contributed by atoms with E-state index in [2.05, 4.69) is 14.5 Å². The third kappa shape index (κ3) is 3.45. The van der Waals surface area contributed by atoms with Crippen molar-refractivity contribution < 1.29 is 4.79 Å². The lowest BCUT2D eigenvalue weighted by Gasteiger charge is -2.25. The SMILES string of the molecule is Cc1nccn1C[C@@H]1CCCN1CCC(=O)c1ccccc1. The second-order valence-corrected chi connectivity index (χ2v) is 6.00. The molecule has 0 radical (unpaired) electrons. The van der Waals surface area contributed by atoms with Gasteiger partial charge in [0, 0.05) is 43.5 Å². The van der Waals surface area contributed by atoms with Gasteiger partial charge in [0.05, 0.1) is 0 Å². The van der Waals surface area contributed by atoms with Gasteiger partial charge in [-0.2, -0.15) is 0 Å². The number of likely N-dealkylation sites (tertiary alicyclic amines) is 1. The van der Waals surface area contributed by atoms with Crippen molar-refractivity contribution in [1.29, 1.82) is 0 Å². The summed E-state index contributed by atoms with van der Waals surface area (Å²) in [6.45, 7) is 4.97. The molecule has 1 aliphatic rings. The van der Waals surface area contributed by atoms with Crippen LogP contribution in [-0.4, -0.2) is 39.4 Å². The molecule has 4 heteroatoms. The largest absolute Gasteiger partial charge is 0.334 e. The Labute approximate surface area is 131 Å². The number of ketones is 1. The van der Waals surface area contributed by atoms with Crippen LogP contribution in [0, 0.1) is 6.92 Å². The number of carbonyl (C=O) groups excluding carboxylic acids is 1. The number of nitrogens with zero attached hydrogens (tertiary/aromatic N) is 3. The first kappa shape index (κ1) is 15.0. The van der Waals surface area contributed by atoms with Crippen LogP contribution < -0.4 is 0 Å². The normalized spacial score (nSPS) is 18.7. The van der Waals surface area contributed by atoms with E-state index in [0.29, 0.717) is 12.5 Å². The Morgan fingerprint density at radius 1 is 1.32 bits per heavy atom. The fourth-order valence-electron chi connectivity index (χ4n) is 3.23. The highest BCUT2D eigenvalue weighted by atomic mass is 16.1. The van der Waals surface area contributed by atoms with Gasteiger partial charge in [-0.15, -0.1) is 0 Å². The Morgan fingerprint density at radius 3 is 2.86 bits per heavy atom. The van der Waals surface area contributed by atoms with Gasteiger partial charge >= 0.3 is 0 Å². The van der Waals surface area contributed by atoms with Crippen LogP contribution in [0.1, 0.15) is 35.4 Å². The lowest BCUT2D eigenvalue weighted by atomic mass is 10.1. The summed E-state index contributed by atoms with van der Waals surface area (Å²) >= 11 is 0. The average molecular weight is 297 g/mol. The summed E-state index contributed by atoms with van der Waals surface area (Å²) in [5.41, 5.74) is 0.823. The molecule has 1 saturated heterocycles. The topological polar surface area (TPSA) is 38.1 Å². The number of Topliss-reactive ketones (excluding diaryl/α,β-unsaturated/α-hetero) is 1. The van der Waals surface area contributed by atoms with Crippen molar-refractivity contribution in [3.05, 3.63) is 54.1 Å². The molecule has 1 aromatic carbocycles. The highest BCUT2D eigenvalue weighted by Gasteiger charge is 2.25. The van der Waals surface area contributed by atoms with Crippen molar-refractivity contribution in [2.75, 3.05) is 13.1 Å². The zero-order valence-corrected chi connectivity index (χ0v) is 13.1. The first-order valence-corrected chi connectivity index (χ1v) is 8.04. The quantitative estimate of drug-likeness (QED) is 0.769. The Morgan fingerprint density at radius 2 is 2.14 bits per heavy atom. The molecule has 0 saturated carbocycles. The molecule has 0 amide bonds. The molecule has 0 unspecified atom stereocenters. The number of aryl methyl sites for hydroxylation is 1. The van der Waals surface area contributed by atoms with Gasteiger partial charge in [-0.1, -0.05) is 30.3 Å². The molecule has 22 heavy (non-hydrogen) atoms. The van der Waals surface area contributed by atoms with Gasteiger partial charge in [-0.05, 0) is 26.3 Å². The molecule has 0 bridgehead atoms. The van der Waals surface area contributed by atoms with E-state index in [1.165, 1.54) is 12.8 Å². The fraction of sp³-hybridized carbons (Fsp3) is 0.444. The van der Waals surface area contributed by atoms with Crippen molar-refractivity contribution in [2.45, 2.75) is 38.8 Å². The number of rotatable bonds is 6. The van der Waals surface area contributed by atoms with Gasteiger partial charge in [0.15, 0.2) is 5.78 Å². The number of benzene rings is 1. The van der Waals surface area contributed by atoms with Crippen molar-refractivity contribution in [3.63, 3.8) is 0 Å². The summed E-state index contributed by atoms with van der Waals surface area (Å²) in [5, 5.41) is 0. The van der Waals surface area contributed by atoms with E-state index >= 15 is 0 Å². The maximum Gasteiger partial charge on any atom is 0.164 e. The van der Waals surface area contributed by atoms with Gasteiger partial charge in [-0.25, -0.2) is 4.98 Å². The molecule has 2 heterocycles. The highest BCUT2D eigenvalue weighted by Crippen LogP contribution is 2.20. The van der Waals surface area contributed by atoms with E-state index < -0.39 is 0 Å². The predicted molar refractivity (Wildman–Crippen MR) is 86.9 cm³/mol. The minimum absolute atomic E-state index is 0.241. The van der Waals surface area contributed by atoms with E-state index in [-0.39, 0.29) is 5.78 Å². The lowest BCUT2D eigenvalue weighted by molar-refractivity contribution is 0.0959. The Balaban J connectivity index is 1.55. The predicted octanol–water partition coefficient (Wildman–Crippen LogP) is 2.93. The van der Waals surface area contributed by atoms with E-state index in [4.69, 9.17) is 0 Å². The van der Waals surface area contributed by atoms with Gasteiger partial charge in [-0.3, -0.25) is 9.69 Å². The van der Waals surface area contributed by atoms with Crippen LogP contribution in [0.15, 0.2) is 42.7 Å². The van der Waals surface area contributed by atoms with Crippen molar-refractivity contribution in [1.82, 2.24) is 14.5 Å². The van der Waals surface area contributed by atoms with Crippen LogP contribution in [0.2, 0.25) is 0 Å². The molecule has 4 nitrogen and oxygen atoms in total. The highest BCUT2D eigenvalue weighted by molar-refractivity contribution is 5.96. The van der Waals surface area contributed by atoms with Crippen molar-refractivity contribution >= 4 is 5.78 Å². The smallest absolute Gasteiger partial charge is 0.164 e. The molecule has 1 fully saturated rings. The molecule has 1 aromatic heterocycles. The maximum absolute atomic E-state index is 12.2. The molecule has 1 atom stereocenters. The van der Waals surface area contributed by atoms with Crippen molar-refractivity contribution in [2.24, 2.45) is 0 Å². The average Bonchev–Trinajstić information content (AvgIpc) is 3.16. The molecule has 2 aromatic rings. The molecule has 0 N–H and O–H groups in total. The first-order valence-electron chi connectivity index (χ1n) is 8.04. The van der Waals surface area contributed by atoms with Crippen LogP contribution in [-0.2, 0) is 6.54 Å². The van der Waals surface area contributed by atoms with Crippen molar-refractivity contribution in [3.8, 4) is 0 Å². The minimum Gasteiger partial charge on any atom is -0.334 e. The summed E-state index contributed by atoms with van der Waals surface area (Å²) in [7, 11) is 0. The van der Waals surface area contributed by atoms with Gasteiger partial charge in [0.2, 0.25) is 0 Å². The number of aromatic nitrogens is 2. The lowest BCUT2D eigenvalue weighted by Crippen LogP contribution is -2.34. The number of hydrogen-bond acceptors (Lipinski definition) is 3. The van der Waals surface area contributed by atoms with E-state index in [9.17, 15) is 4.79 Å². The number of hydrogen-bond donors (Lipinski definition) is 0. The zero-order chi connectivity index (χ0) is 15.4. The van der Waals surface area contributed by atoms with Crippen LogP contribution in [0.25, 0.3) is 0 Å². The summed E-state index contributed by atoms with van der Waals surface area (Å²) in [4.78, 5) is 19.0. The third-order valence-corrected chi connectivity index (χ3v) is 4.55. The fourth-order valence-corrected chi connectivity index (χ4v) is 3.23. The summed E-state index contributed by atoms with van der Waals surface area (Å²) in [6, 6.07) is 10.1. The van der Waals surface area contributed by atoms with Crippen LogP contribution in [0.3, 0.4) is 0 Å². The Bertz CT molecular complexity index is 620. The maximum atomic E-state index is 12.2. The van der Waals surface area contributed by atoms with E-state index in [1.807, 2.05) is 49.6 Å². The van der Waals surface area contributed by atoms with Gasteiger partial charge < -0.3 is 4.57 Å². The summed E-state index contributed by atoms with van der Waals surface area (Å²) in [5.74, 6) is 1.30. The molecule has 1 aliphatic heterocycles. The van der Waals surface area contributed by atoms with Gasteiger partial charge in [0.25, 0.3) is 0 Å². The first-order chi connectivity index (χ1) is 10.7. The third-order valence-electron chi connectivity index (χ3n) is 4.55. The summed E-state index contributed by atoms with van der Waals surface area (Å²) in [6.07, 6.45) is 6.92.